The topological polar surface area (TPSA) is 74.2 Å². The summed E-state index contributed by atoms with van der Waals surface area (Å²) in [4.78, 5) is 16.6. The van der Waals surface area contributed by atoms with Crippen molar-refractivity contribution in [2.75, 3.05) is 11.9 Å². The van der Waals surface area contributed by atoms with E-state index in [1.54, 1.807) is 6.20 Å². The third-order valence-electron chi connectivity index (χ3n) is 4.13. The molecule has 2 rings (SSSR count). The van der Waals surface area contributed by atoms with E-state index in [1.165, 1.54) is 0 Å². The second-order valence-corrected chi connectivity index (χ2v) is 5.61. The molecule has 1 heterocycles. The number of nitrogens with zero attached hydrogens (tertiary/aromatic N) is 1. The van der Waals surface area contributed by atoms with Gasteiger partial charge in [0, 0.05) is 11.6 Å². The first-order valence-corrected chi connectivity index (χ1v) is 7.59. The van der Waals surface area contributed by atoms with Crippen molar-refractivity contribution in [3.8, 4) is 0 Å². The van der Waals surface area contributed by atoms with Crippen molar-refractivity contribution in [2.24, 2.45) is 0 Å². The number of aromatic nitrogens is 1. The second kappa shape index (κ2) is 6.75. The Morgan fingerprint density at radius 2 is 2.05 bits per heavy atom. The number of fused-ring (bicyclic) bond motifs is 1. The highest BCUT2D eigenvalue weighted by atomic mass is 16.3. The molecule has 5 heteroatoms. The molecule has 118 valence electrons. The van der Waals surface area contributed by atoms with Crippen molar-refractivity contribution in [3.05, 3.63) is 36.0 Å². The van der Waals surface area contributed by atoms with E-state index in [0.29, 0.717) is 18.5 Å². The molecule has 1 aromatic carbocycles. The monoisotopic (exact) mass is 301 g/mol. The average Bonchev–Trinajstić information content (AvgIpc) is 2.52. The van der Waals surface area contributed by atoms with Gasteiger partial charge in [0.15, 0.2) is 0 Å². The summed E-state index contributed by atoms with van der Waals surface area (Å²) in [5, 5.41) is 16.3. The number of rotatable bonds is 5. The number of anilines is 1. The minimum absolute atomic E-state index is 0.0831. The van der Waals surface area contributed by atoms with Gasteiger partial charge in [-0.15, -0.1) is 0 Å². The van der Waals surface area contributed by atoms with Crippen LogP contribution in [0.5, 0.6) is 0 Å². The van der Waals surface area contributed by atoms with Crippen LogP contribution >= 0.6 is 0 Å². The van der Waals surface area contributed by atoms with Gasteiger partial charge in [-0.2, -0.15) is 0 Å². The van der Waals surface area contributed by atoms with Crippen molar-refractivity contribution in [2.45, 2.75) is 39.2 Å². The van der Waals surface area contributed by atoms with Gasteiger partial charge in [0.05, 0.1) is 23.3 Å². The van der Waals surface area contributed by atoms with Crippen LogP contribution in [0, 0.1) is 6.92 Å². The SMILES string of the molecule is CCC(CC)(CO)NC(=O)Nc1cc(C)cc2cccnc12. The van der Waals surface area contributed by atoms with Crippen LogP contribution in [0.2, 0.25) is 0 Å². The minimum atomic E-state index is -0.586. The standard InChI is InChI=1S/C17H23N3O2/c1-4-17(5-2,11-21)20-16(22)19-14-10-12(3)9-13-7-6-8-18-15(13)14/h6-10,21H,4-5,11H2,1-3H3,(H2,19,20,22). The van der Waals surface area contributed by atoms with E-state index in [2.05, 4.69) is 15.6 Å². The molecule has 1 aromatic heterocycles. The van der Waals surface area contributed by atoms with Gasteiger partial charge in [-0.3, -0.25) is 4.98 Å². The summed E-state index contributed by atoms with van der Waals surface area (Å²) in [6.45, 7) is 5.79. The minimum Gasteiger partial charge on any atom is -0.394 e. The summed E-state index contributed by atoms with van der Waals surface area (Å²) in [6, 6.07) is 7.44. The van der Waals surface area contributed by atoms with E-state index in [9.17, 15) is 9.90 Å². The lowest BCUT2D eigenvalue weighted by Crippen LogP contribution is -2.52. The lowest BCUT2D eigenvalue weighted by molar-refractivity contribution is 0.155. The van der Waals surface area contributed by atoms with Crippen LogP contribution < -0.4 is 10.6 Å². The number of urea groups is 1. The molecular formula is C17H23N3O2. The molecule has 2 amide bonds. The van der Waals surface area contributed by atoms with E-state index in [4.69, 9.17) is 0 Å². The first-order valence-electron chi connectivity index (χ1n) is 7.59. The van der Waals surface area contributed by atoms with Crippen molar-refractivity contribution >= 4 is 22.6 Å². The van der Waals surface area contributed by atoms with E-state index >= 15 is 0 Å². The Bertz CT molecular complexity index is 658. The predicted molar refractivity (Wildman–Crippen MR) is 89.0 cm³/mol. The molecule has 2 aromatic rings. The maximum Gasteiger partial charge on any atom is 0.319 e. The second-order valence-electron chi connectivity index (χ2n) is 5.61. The van der Waals surface area contributed by atoms with Crippen LogP contribution in [0.1, 0.15) is 32.3 Å². The summed E-state index contributed by atoms with van der Waals surface area (Å²) >= 11 is 0. The highest BCUT2D eigenvalue weighted by Crippen LogP contribution is 2.23. The normalized spacial score (nSPS) is 11.5. The number of pyridine rings is 1. The number of aliphatic hydroxyl groups is 1. The Morgan fingerprint density at radius 1 is 1.32 bits per heavy atom. The zero-order valence-corrected chi connectivity index (χ0v) is 13.3. The molecule has 22 heavy (non-hydrogen) atoms. The summed E-state index contributed by atoms with van der Waals surface area (Å²) < 4.78 is 0. The smallest absolute Gasteiger partial charge is 0.319 e. The van der Waals surface area contributed by atoms with Crippen LogP contribution in [-0.2, 0) is 0 Å². The van der Waals surface area contributed by atoms with Crippen molar-refractivity contribution < 1.29 is 9.90 Å². The fraction of sp³-hybridized carbons (Fsp3) is 0.412. The fourth-order valence-corrected chi connectivity index (χ4v) is 2.52. The van der Waals surface area contributed by atoms with E-state index in [1.807, 2.05) is 45.0 Å². The third-order valence-corrected chi connectivity index (χ3v) is 4.13. The Labute approximate surface area is 130 Å². The van der Waals surface area contributed by atoms with E-state index in [0.717, 1.165) is 16.5 Å². The number of hydrogen-bond acceptors (Lipinski definition) is 3. The Kier molecular flexibility index (Phi) is 4.98. The molecule has 0 radical (unpaired) electrons. The molecule has 0 saturated heterocycles. The highest BCUT2D eigenvalue weighted by Gasteiger charge is 2.27. The maximum absolute atomic E-state index is 12.3. The highest BCUT2D eigenvalue weighted by molar-refractivity contribution is 6.00. The van der Waals surface area contributed by atoms with Crippen LogP contribution in [0.3, 0.4) is 0 Å². The Balaban J connectivity index is 2.25. The number of hydrogen-bond donors (Lipinski definition) is 3. The Hall–Kier alpha value is -2.14. The van der Waals surface area contributed by atoms with Crippen LogP contribution in [0.4, 0.5) is 10.5 Å². The molecule has 0 aliphatic carbocycles. The molecule has 0 aliphatic rings. The summed E-state index contributed by atoms with van der Waals surface area (Å²) in [7, 11) is 0. The van der Waals surface area contributed by atoms with Gasteiger partial charge in [-0.1, -0.05) is 19.9 Å². The van der Waals surface area contributed by atoms with E-state index in [-0.39, 0.29) is 12.6 Å². The third kappa shape index (κ3) is 3.36. The van der Waals surface area contributed by atoms with Gasteiger partial charge >= 0.3 is 6.03 Å². The molecular weight excluding hydrogens is 278 g/mol. The summed E-state index contributed by atoms with van der Waals surface area (Å²) in [5.74, 6) is 0. The zero-order chi connectivity index (χ0) is 16.2. The number of aryl methyl sites for hydroxylation is 1. The number of aliphatic hydroxyl groups excluding tert-OH is 1. The van der Waals surface area contributed by atoms with Gasteiger partial charge in [-0.25, -0.2) is 4.79 Å². The van der Waals surface area contributed by atoms with Crippen molar-refractivity contribution in [3.63, 3.8) is 0 Å². The summed E-state index contributed by atoms with van der Waals surface area (Å²) in [6.07, 6.45) is 3.04. The van der Waals surface area contributed by atoms with Crippen molar-refractivity contribution in [1.82, 2.24) is 10.3 Å². The number of amides is 2. The average molecular weight is 301 g/mol. The molecule has 0 atom stereocenters. The molecule has 0 fully saturated rings. The van der Waals surface area contributed by atoms with Gasteiger partial charge < -0.3 is 15.7 Å². The molecule has 0 aliphatic heterocycles. The lowest BCUT2D eigenvalue weighted by atomic mass is 9.94. The molecule has 0 bridgehead atoms. The first-order chi connectivity index (χ1) is 10.5. The van der Waals surface area contributed by atoms with Crippen LogP contribution in [0.25, 0.3) is 10.9 Å². The first kappa shape index (κ1) is 16.2. The van der Waals surface area contributed by atoms with Crippen LogP contribution in [0.15, 0.2) is 30.5 Å². The van der Waals surface area contributed by atoms with E-state index < -0.39 is 5.54 Å². The zero-order valence-electron chi connectivity index (χ0n) is 13.3. The Morgan fingerprint density at radius 3 is 2.68 bits per heavy atom. The fourth-order valence-electron chi connectivity index (χ4n) is 2.52. The molecule has 5 nitrogen and oxygen atoms in total. The van der Waals surface area contributed by atoms with Crippen molar-refractivity contribution in [1.29, 1.82) is 0 Å². The predicted octanol–water partition coefficient (Wildman–Crippen LogP) is 3.22. The van der Waals surface area contributed by atoms with Gasteiger partial charge in [0.2, 0.25) is 0 Å². The van der Waals surface area contributed by atoms with Gasteiger partial charge in [0.1, 0.15) is 0 Å². The quantitative estimate of drug-likeness (QED) is 0.794. The van der Waals surface area contributed by atoms with Gasteiger partial charge in [-0.05, 0) is 43.5 Å². The van der Waals surface area contributed by atoms with Gasteiger partial charge in [0.25, 0.3) is 0 Å². The summed E-state index contributed by atoms with van der Waals surface area (Å²) in [5.41, 5.74) is 1.89. The molecule has 0 spiro atoms. The largest absolute Gasteiger partial charge is 0.394 e. The lowest BCUT2D eigenvalue weighted by Gasteiger charge is -2.30. The molecule has 0 unspecified atom stereocenters. The molecule has 0 saturated carbocycles. The van der Waals surface area contributed by atoms with Crippen LogP contribution in [-0.4, -0.2) is 28.3 Å². The molecule has 3 N–H and O–H groups in total. The number of benzene rings is 1. The maximum atomic E-state index is 12.3. The number of carbonyl (C=O) groups is 1. The number of carbonyl (C=O) groups excluding carboxylic acids is 1. The number of nitrogens with one attached hydrogen (secondary N) is 2.